The molecule has 3 atom stereocenters. The standard InChI is InChI=1S/C25H24F6N2O3/c1-17(18-12-20(24(26,27)28)14-21(13-18)25(29,30)31)36-16-23(19-6-3-2-4-7-19)10-9-22(33(34)35)8-5-11-32(23)15-22/h2-7,11-14,17H,8-10,15-16H2,1H3/t17-,22+,23-/m1/s1. The first-order valence-electron chi connectivity index (χ1n) is 11.3. The Morgan fingerprint density at radius 3 is 2.19 bits per heavy atom. The van der Waals surface area contributed by atoms with Crippen molar-refractivity contribution in [1.82, 2.24) is 4.90 Å². The van der Waals surface area contributed by atoms with Gasteiger partial charge in [0.25, 0.3) is 0 Å². The molecule has 0 radical (unpaired) electrons. The Hall–Kier alpha value is -3.08. The molecule has 2 aliphatic heterocycles. The van der Waals surface area contributed by atoms with Gasteiger partial charge in [0.15, 0.2) is 0 Å². The highest BCUT2D eigenvalue weighted by atomic mass is 19.4. The summed E-state index contributed by atoms with van der Waals surface area (Å²) < 4.78 is 85.9. The summed E-state index contributed by atoms with van der Waals surface area (Å²) in [6.45, 7) is 1.42. The Labute approximate surface area is 203 Å². The fourth-order valence-electron chi connectivity index (χ4n) is 4.99. The molecule has 0 spiro atoms. The molecule has 0 aliphatic carbocycles. The van der Waals surface area contributed by atoms with Crippen LogP contribution < -0.4 is 0 Å². The summed E-state index contributed by atoms with van der Waals surface area (Å²) >= 11 is 0. The summed E-state index contributed by atoms with van der Waals surface area (Å²) in [4.78, 5) is 13.4. The van der Waals surface area contributed by atoms with Crippen LogP contribution >= 0.6 is 0 Å². The van der Waals surface area contributed by atoms with E-state index in [-0.39, 0.29) is 42.5 Å². The molecule has 0 aromatic heterocycles. The molecule has 2 bridgehead atoms. The van der Waals surface area contributed by atoms with E-state index in [0.717, 1.165) is 5.56 Å². The molecule has 2 aromatic carbocycles. The normalized spacial score (nSPS) is 25.0. The maximum absolute atomic E-state index is 13.3. The topological polar surface area (TPSA) is 55.6 Å². The van der Waals surface area contributed by atoms with Gasteiger partial charge in [-0.3, -0.25) is 10.1 Å². The van der Waals surface area contributed by atoms with Crippen molar-refractivity contribution in [2.75, 3.05) is 13.2 Å². The molecule has 11 heteroatoms. The van der Waals surface area contributed by atoms with Crippen molar-refractivity contribution >= 4 is 0 Å². The first-order valence-corrected chi connectivity index (χ1v) is 11.3. The number of rotatable bonds is 6. The number of fused-ring (bicyclic) bond motifs is 2. The van der Waals surface area contributed by atoms with E-state index in [4.69, 9.17) is 4.74 Å². The number of halogens is 6. The van der Waals surface area contributed by atoms with Crippen LogP contribution in [0.4, 0.5) is 26.3 Å². The lowest BCUT2D eigenvalue weighted by Gasteiger charge is -2.52. The van der Waals surface area contributed by atoms with Crippen LogP contribution in [0.5, 0.6) is 0 Å². The van der Waals surface area contributed by atoms with E-state index < -0.39 is 40.7 Å². The number of piperidine rings is 1. The van der Waals surface area contributed by atoms with E-state index in [0.29, 0.717) is 18.6 Å². The summed E-state index contributed by atoms with van der Waals surface area (Å²) in [6, 6.07) is 10.5. The minimum absolute atomic E-state index is 0.0819. The number of nitro groups is 1. The van der Waals surface area contributed by atoms with E-state index in [1.807, 2.05) is 17.0 Å². The number of hydrogen-bond acceptors (Lipinski definition) is 4. The van der Waals surface area contributed by atoms with Gasteiger partial charge in [-0.25, -0.2) is 0 Å². The third kappa shape index (κ3) is 4.80. The smallest absolute Gasteiger partial charge is 0.371 e. The van der Waals surface area contributed by atoms with Crippen LogP contribution in [0.15, 0.2) is 60.8 Å². The molecule has 1 saturated heterocycles. The average Bonchev–Trinajstić information content (AvgIpc) is 2.83. The molecule has 0 unspecified atom stereocenters. The Bertz CT molecular complexity index is 1120. The fraction of sp³-hybridized carbons (Fsp3) is 0.440. The van der Waals surface area contributed by atoms with Gasteiger partial charge in [0.05, 0.1) is 35.9 Å². The van der Waals surface area contributed by atoms with Crippen molar-refractivity contribution in [3.8, 4) is 0 Å². The molecule has 4 rings (SSSR count). The number of ether oxygens (including phenoxy) is 1. The first-order chi connectivity index (χ1) is 16.8. The SMILES string of the molecule is C[C@@H](OC[C@@]1(c2ccccc2)CC[C@@]2([N+](=O)[O-])CC=CN1C2)c1cc(C(F)(F)F)cc(C(F)(F)F)c1. The van der Waals surface area contributed by atoms with Crippen molar-refractivity contribution in [3.05, 3.63) is 93.2 Å². The van der Waals surface area contributed by atoms with E-state index in [1.54, 1.807) is 30.5 Å². The van der Waals surface area contributed by atoms with Gasteiger partial charge in [0.1, 0.15) is 0 Å². The second-order valence-electron chi connectivity index (χ2n) is 9.39. The summed E-state index contributed by atoms with van der Waals surface area (Å²) in [5.41, 5.74) is -4.31. The molecule has 2 aliphatic rings. The second kappa shape index (κ2) is 9.10. The van der Waals surface area contributed by atoms with Crippen molar-refractivity contribution in [3.63, 3.8) is 0 Å². The van der Waals surface area contributed by atoms with Crippen molar-refractivity contribution in [2.45, 2.75) is 55.7 Å². The van der Waals surface area contributed by atoms with Gasteiger partial charge in [-0.05, 0) is 48.9 Å². The molecule has 2 aromatic rings. The highest BCUT2D eigenvalue weighted by Crippen LogP contribution is 2.46. The maximum atomic E-state index is 13.3. The summed E-state index contributed by atoms with van der Waals surface area (Å²) in [7, 11) is 0. The average molecular weight is 514 g/mol. The monoisotopic (exact) mass is 514 g/mol. The van der Waals surface area contributed by atoms with Gasteiger partial charge in [0, 0.05) is 17.8 Å². The van der Waals surface area contributed by atoms with Gasteiger partial charge >= 0.3 is 12.4 Å². The largest absolute Gasteiger partial charge is 0.416 e. The third-order valence-electron chi connectivity index (χ3n) is 7.15. The van der Waals surface area contributed by atoms with Crippen LogP contribution in [-0.2, 0) is 22.6 Å². The predicted octanol–water partition coefficient (Wildman–Crippen LogP) is 6.73. The molecule has 2 heterocycles. The van der Waals surface area contributed by atoms with Crippen LogP contribution in [0.25, 0.3) is 0 Å². The zero-order valence-electron chi connectivity index (χ0n) is 19.3. The van der Waals surface area contributed by atoms with Crippen LogP contribution in [0.2, 0.25) is 0 Å². The van der Waals surface area contributed by atoms with E-state index in [1.165, 1.54) is 6.92 Å². The van der Waals surface area contributed by atoms with E-state index in [2.05, 4.69) is 0 Å². The van der Waals surface area contributed by atoms with Gasteiger partial charge < -0.3 is 9.64 Å². The zero-order valence-corrected chi connectivity index (χ0v) is 19.3. The number of benzene rings is 2. The first kappa shape index (κ1) is 26.0. The summed E-state index contributed by atoms with van der Waals surface area (Å²) in [6.07, 6.45) is -6.71. The van der Waals surface area contributed by atoms with Crippen LogP contribution in [0.1, 0.15) is 54.5 Å². The van der Waals surface area contributed by atoms with Gasteiger partial charge in [-0.1, -0.05) is 36.4 Å². The highest BCUT2D eigenvalue weighted by Gasteiger charge is 2.55. The Morgan fingerprint density at radius 1 is 1.03 bits per heavy atom. The Kier molecular flexibility index (Phi) is 6.57. The quantitative estimate of drug-likeness (QED) is 0.244. The molecular weight excluding hydrogens is 490 g/mol. The van der Waals surface area contributed by atoms with Crippen LogP contribution in [0, 0.1) is 10.1 Å². The molecule has 194 valence electrons. The molecule has 36 heavy (non-hydrogen) atoms. The molecule has 0 saturated carbocycles. The minimum Gasteiger partial charge on any atom is -0.371 e. The number of hydrogen-bond donors (Lipinski definition) is 0. The Morgan fingerprint density at radius 2 is 1.64 bits per heavy atom. The third-order valence-corrected chi connectivity index (χ3v) is 7.15. The van der Waals surface area contributed by atoms with E-state index >= 15 is 0 Å². The molecule has 5 nitrogen and oxygen atoms in total. The molecule has 0 amide bonds. The highest BCUT2D eigenvalue weighted by molar-refractivity contribution is 5.35. The predicted molar refractivity (Wildman–Crippen MR) is 118 cm³/mol. The minimum atomic E-state index is -4.96. The second-order valence-corrected chi connectivity index (χ2v) is 9.39. The van der Waals surface area contributed by atoms with Crippen molar-refractivity contribution < 1.29 is 36.0 Å². The lowest BCUT2D eigenvalue weighted by Crippen LogP contribution is -2.62. The fourth-order valence-corrected chi connectivity index (χ4v) is 4.99. The maximum Gasteiger partial charge on any atom is 0.416 e. The number of nitrogens with zero attached hydrogens (tertiary/aromatic N) is 2. The van der Waals surface area contributed by atoms with Gasteiger partial charge in [-0.2, -0.15) is 26.3 Å². The lowest BCUT2D eigenvalue weighted by atomic mass is 9.72. The lowest BCUT2D eigenvalue weighted by molar-refractivity contribution is -0.576. The van der Waals surface area contributed by atoms with E-state index in [9.17, 15) is 36.5 Å². The zero-order chi connectivity index (χ0) is 26.4. The van der Waals surface area contributed by atoms with Crippen LogP contribution in [0.3, 0.4) is 0 Å². The summed E-state index contributed by atoms with van der Waals surface area (Å²) in [5, 5.41) is 11.8. The Balaban J connectivity index is 1.67. The number of alkyl halides is 6. The van der Waals surface area contributed by atoms with Crippen molar-refractivity contribution in [2.24, 2.45) is 0 Å². The summed E-state index contributed by atoms with van der Waals surface area (Å²) in [5.74, 6) is 0. The van der Waals surface area contributed by atoms with Gasteiger partial charge in [0.2, 0.25) is 5.54 Å². The molecule has 0 N–H and O–H groups in total. The van der Waals surface area contributed by atoms with Gasteiger partial charge in [-0.15, -0.1) is 0 Å². The van der Waals surface area contributed by atoms with Crippen molar-refractivity contribution in [1.29, 1.82) is 0 Å². The molecular formula is C25H24F6N2O3. The molecule has 1 fully saturated rings. The van der Waals surface area contributed by atoms with Crippen LogP contribution in [-0.4, -0.2) is 28.5 Å².